The van der Waals surface area contributed by atoms with Crippen LogP contribution in [0.3, 0.4) is 0 Å². The van der Waals surface area contributed by atoms with Crippen LogP contribution in [0.2, 0.25) is 0 Å². The van der Waals surface area contributed by atoms with Crippen molar-refractivity contribution in [1.29, 1.82) is 0 Å². The number of nitrogens with zero attached hydrogens (tertiary/aromatic N) is 4. The van der Waals surface area contributed by atoms with E-state index in [1.807, 2.05) is 55.2 Å². The molecule has 1 amide bonds. The van der Waals surface area contributed by atoms with Gasteiger partial charge in [-0.1, -0.05) is 0 Å². The summed E-state index contributed by atoms with van der Waals surface area (Å²) in [4.78, 5) is 21.3. The van der Waals surface area contributed by atoms with Crippen molar-refractivity contribution < 1.29 is 4.79 Å². The number of hydrogen-bond acceptors (Lipinski definition) is 6. The fraction of sp³-hybridized carbons (Fsp3) is 0.222. The number of carbonyl (C=O) groups excluding carboxylic acids is 1. The molecule has 9 heteroatoms. The molecule has 0 atom stereocenters. The molecule has 0 saturated carbocycles. The predicted octanol–water partition coefficient (Wildman–Crippen LogP) is 3.03. The van der Waals surface area contributed by atoms with Crippen molar-refractivity contribution in [2.24, 2.45) is 3.21 Å². The molecule has 1 aliphatic heterocycles. The van der Waals surface area contributed by atoms with E-state index in [4.69, 9.17) is 0 Å². The monoisotopic (exact) mass is 486 g/mol. The van der Waals surface area contributed by atoms with E-state index in [1.54, 1.807) is 0 Å². The first-order valence-corrected chi connectivity index (χ1v) is 12.3. The van der Waals surface area contributed by atoms with Gasteiger partial charge in [0, 0.05) is 6.04 Å². The molecule has 0 aromatic carbocycles. The van der Waals surface area contributed by atoms with Crippen LogP contribution in [0.1, 0.15) is 35.6 Å². The van der Waals surface area contributed by atoms with Gasteiger partial charge in [-0.3, -0.25) is 0 Å². The quantitative estimate of drug-likeness (QED) is 0.545. The van der Waals surface area contributed by atoms with Gasteiger partial charge in [0.2, 0.25) is 0 Å². The molecular weight excluding hydrogens is 467 g/mol. The Hall–Kier alpha value is -2.20. The summed E-state index contributed by atoms with van der Waals surface area (Å²) < 4.78 is 8.72. The molecule has 0 aliphatic carbocycles. The van der Waals surface area contributed by atoms with Gasteiger partial charge in [-0.2, -0.15) is 0 Å². The molecule has 4 heterocycles. The molecule has 7 nitrogen and oxygen atoms in total. The van der Waals surface area contributed by atoms with Gasteiger partial charge in [0.05, 0.1) is 0 Å². The first-order chi connectivity index (χ1) is 13.0. The second kappa shape index (κ2) is 7.43. The molecule has 1 aliphatic rings. The van der Waals surface area contributed by atoms with Gasteiger partial charge in [-0.15, -0.1) is 0 Å². The Bertz CT molecular complexity index is 1080. The Morgan fingerprint density at radius 2 is 2.22 bits per heavy atom. The molecule has 2 N–H and O–H groups in total. The summed E-state index contributed by atoms with van der Waals surface area (Å²) >= 11 is 0.734. The summed E-state index contributed by atoms with van der Waals surface area (Å²) in [5.74, 6) is 0.603. The van der Waals surface area contributed by atoms with Crippen molar-refractivity contribution in [3.8, 4) is 0 Å². The summed E-state index contributed by atoms with van der Waals surface area (Å²) in [6, 6.07) is 1.94. The number of imidazole rings is 1. The van der Waals surface area contributed by atoms with Crippen molar-refractivity contribution >= 4 is 66.9 Å². The van der Waals surface area contributed by atoms with Crippen LogP contribution in [-0.2, 0) is 0 Å². The molecule has 4 rings (SSSR count). The zero-order valence-electron chi connectivity index (χ0n) is 15.1. The van der Waals surface area contributed by atoms with Crippen molar-refractivity contribution in [2.45, 2.75) is 26.8 Å². The number of amides is 1. The van der Waals surface area contributed by atoms with Gasteiger partial charge in [0.1, 0.15) is 0 Å². The zero-order chi connectivity index (χ0) is 19.0. The Morgan fingerprint density at radius 1 is 1.37 bits per heavy atom. The van der Waals surface area contributed by atoms with E-state index in [0.29, 0.717) is 11.4 Å². The second-order valence-electron chi connectivity index (χ2n) is 6.51. The third-order valence-corrected chi connectivity index (χ3v) is 6.83. The third-order valence-electron chi connectivity index (χ3n) is 3.93. The van der Waals surface area contributed by atoms with Crippen LogP contribution in [0.5, 0.6) is 0 Å². The predicted molar refractivity (Wildman–Crippen MR) is 110 cm³/mol. The summed E-state index contributed by atoms with van der Waals surface area (Å²) in [6.45, 7) is 5.85. The topological polar surface area (TPSA) is 83.7 Å². The SMILES string of the molecule is Cc1cn2c(C3=[CH][Sn][N]=C3)cnc2c(Nc2cc(C(=O)NC(C)C)cs2)n1. The maximum absolute atomic E-state index is 12.2. The van der Waals surface area contributed by atoms with Crippen LogP contribution >= 0.6 is 11.3 Å². The van der Waals surface area contributed by atoms with Crippen molar-refractivity contribution in [3.63, 3.8) is 0 Å². The van der Waals surface area contributed by atoms with Gasteiger partial charge in [0.15, 0.2) is 0 Å². The Kier molecular flexibility index (Phi) is 5.00. The molecule has 0 fully saturated rings. The Labute approximate surface area is 171 Å². The van der Waals surface area contributed by atoms with Crippen LogP contribution in [0.25, 0.3) is 11.2 Å². The third kappa shape index (κ3) is 3.77. The molecule has 0 bridgehead atoms. The van der Waals surface area contributed by atoms with E-state index in [0.717, 1.165) is 27.6 Å². The fourth-order valence-corrected chi connectivity index (χ4v) is 5.41. The van der Waals surface area contributed by atoms with Gasteiger partial charge < -0.3 is 0 Å². The average molecular weight is 485 g/mol. The van der Waals surface area contributed by atoms with Crippen LogP contribution in [0, 0.1) is 6.92 Å². The number of thiophene rings is 1. The summed E-state index contributed by atoms with van der Waals surface area (Å²) in [6.07, 6.45) is 5.79. The van der Waals surface area contributed by atoms with Gasteiger partial charge >= 0.3 is 152 Å². The average Bonchev–Trinajstić information content (AvgIpc) is 3.34. The van der Waals surface area contributed by atoms with E-state index in [-0.39, 0.29) is 11.9 Å². The molecule has 2 radical (unpaired) electrons. The number of fused-ring (bicyclic) bond motifs is 1. The number of aromatic nitrogens is 3. The van der Waals surface area contributed by atoms with Crippen molar-refractivity contribution in [2.75, 3.05) is 5.32 Å². The van der Waals surface area contributed by atoms with E-state index in [1.165, 1.54) is 11.3 Å². The van der Waals surface area contributed by atoms with Crippen molar-refractivity contribution in [3.05, 3.63) is 44.9 Å². The molecule has 3 aromatic heterocycles. The zero-order valence-corrected chi connectivity index (χ0v) is 18.8. The maximum atomic E-state index is 12.2. The number of aryl methyl sites for hydroxylation is 1. The second-order valence-corrected chi connectivity index (χ2v) is 9.72. The molecule has 3 aromatic rings. The molecule has 0 saturated heterocycles. The summed E-state index contributed by atoms with van der Waals surface area (Å²) in [5, 5.41) is 8.92. The molecule has 0 spiro atoms. The van der Waals surface area contributed by atoms with Crippen LogP contribution in [-0.4, -0.2) is 53.9 Å². The number of nitrogens with one attached hydrogen (secondary N) is 2. The minimum atomic E-state index is -0.737. The molecule has 27 heavy (non-hydrogen) atoms. The molecule has 0 unspecified atom stereocenters. The van der Waals surface area contributed by atoms with Gasteiger partial charge in [-0.05, 0) is 13.8 Å². The normalized spacial score (nSPS) is 13.4. The number of rotatable bonds is 5. The number of allylic oxidation sites excluding steroid dienone is 1. The Morgan fingerprint density at radius 3 is 2.96 bits per heavy atom. The van der Waals surface area contributed by atoms with E-state index in [9.17, 15) is 4.79 Å². The van der Waals surface area contributed by atoms with Crippen LogP contribution < -0.4 is 10.6 Å². The number of hydrogen-bond donors (Lipinski definition) is 2. The Balaban J connectivity index is 1.66. The molecular formula is C18H18N6OSSn. The summed E-state index contributed by atoms with van der Waals surface area (Å²) in [7, 11) is 0. The van der Waals surface area contributed by atoms with Crippen LogP contribution in [0.4, 0.5) is 10.8 Å². The van der Waals surface area contributed by atoms with Gasteiger partial charge in [0.25, 0.3) is 0 Å². The van der Waals surface area contributed by atoms with Crippen LogP contribution in [0.15, 0.2) is 31.1 Å². The van der Waals surface area contributed by atoms with E-state index < -0.39 is 21.4 Å². The molecule has 136 valence electrons. The standard InChI is InChI=1S/C18H18N6OS.Sn/c1-10(2)21-18(25)13-5-15(26-9-13)23-16-17-20-7-14(11(3)6-19)24(17)8-12(4)22-16;/h3,5-10H,1-2,4H3,(H,21,25)(H,22,23);/q-1;+1. The van der Waals surface area contributed by atoms with E-state index >= 15 is 0 Å². The number of anilines is 2. The minimum absolute atomic E-state index is 0.0719. The first-order valence-electron chi connectivity index (χ1n) is 8.51. The fourth-order valence-electron chi connectivity index (χ4n) is 2.78. The van der Waals surface area contributed by atoms with E-state index in [2.05, 4.69) is 27.9 Å². The number of carbonyl (C=O) groups is 1. The summed E-state index contributed by atoms with van der Waals surface area (Å²) in [5.41, 5.74) is 4.44. The first kappa shape index (κ1) is 18.2. The van der Waals surface area contributed by atoms with Gasteiger partial charge in [-0.25, -0.2) is 0 Å². The van der Waals surface area contributed by atoms with Crippen molar-refractivity contribution in [1.82, 2.24) is 19.7 Å².